The maximum atomic E-state index is 11.6. The fourth-order valence-corrected chi connectivity index (χ4v) is 1.62. The fourth-order valence-electron chi connectivity index (χ4n) is 1.62. The first-order valence-corrected chi connectivity index (χ1v) is 5.49. The molecule has 0 aliphatic carbocycles. The van der Waals surface area contributed by atoms with Gasteiger partial charge in [0.2, 0.25) is 17.7 Å². The molecule has 0 radical (unpaired) electrons. The monoisotopic (exact) mass is 256 g/mol. The van der Waals surface area contributed by atoms with Crippen LogP contribution in [0.4, 0.5) is 0 Å². The van der Waals surface area contributed by atoms with Gasteiger partial charge < -0.3 is 26.3 Å². The topological polar surface area (TPSA) is 141 Å². The molecule has 2 atom stereocenters. The van der Waals surface area contributed by atoms with Crippen LogP contribution in [0.15, 0.2) is 0 Å². The van der Waals surface area contributed by atoms with Crippen molar-refractivity contribution in [3.63, 3.8) is 0 Å². The Morgan fingerprint density at radius 3 is 2.61 bits per heavy atom. The number of aliphatic carboxylic acids is 1. The molecule has 1 fully saturated rings. The number of primary amides is 1. The van der Waals surface area contributed by atoms with E-state index in [1.165, 1.54) is 0 Å². The van der Waals surface area contributed by atoms with Gasteiger partial charge in [0.1, 0.15) is 6.04 Å². The van der Waals surface area contributed by atoms with Gasteiger partial charge >= 0.3 is 0 Å². The summed E-state index contributed by atoms with van der Waals surface area (Å²) in [5.41, 5.74) is 4.89. The van der Waals surface area contributed by atoms with Gasteiger partial charge in [-0.2, -0.15) is 0 Å². The second-order valence-corrected chi connectivity index (χ2v) is 4.04. The second kappa shape index (κ2) is 5.99. The summed E-state index contributed by atoms with van der Waals surface area (Å²) in [6.45, 7) is 0. The van der Waals surface area contributed by atoms with Gasteiger partial charge in [-0.1, -0.05) is 0 Å². The van der Waals surface area contributed by atoms with Crippen molar-refractivity contribution in [2.24, 2.45) is 5.73 Å². The van der Waals surface area contributed by atoms with Crippen molar-refractivity contribution in [3.05, 3.63) is 0 Å². The molecule has 1 aliphatic heterocycles. The molecular weight excluding hydrogens is 242 g/mol. The molecule has 0 spiro atoms. The molecule has 1 rings (SSSR count). The molecule has 0 aromatic carbocycles. The summed E-state index contributed by atoms with van der Waals surface area (Å²) in [7, 11) is 0. The van der Waals surface area contributed by atoms with E-state index in [-0.39, 0.29) is 25.2 Å². The van der Waals surface area contributed by atoms with Crippen LogP contribution in [0, 0.1) is 0 Å². The van der Waals surface area contributed by atoms with Crippen molar-refractivity contribution in [1.82, 2.24) is 10.6 Å². The van der Waals surface area contributed by atoms with Crippen molar-refractivity contribution in [2.45, 2.75) is 37.8 Å². The summed E-state index contributed by atoms with van der Waals surface area (Å²) in [6, 6.07) is -2.02. The van der Waals surface area contributed by atoms with Crippen molar-refractivity contribution >= 4 is 23.7 Å². The zero-order valence-electron chi connectivity index (χ0n) is 9.60. The van der Waals surface area contributed by atoms with E-state index in [1.807, 2.05) is 0 Å². The lowest BCUT2D eigenvalue weighted by Gasteiger charge is -2.21. The summed E-state index contributed by atoms with van der Waals surface area (Å²) in [5.74, 6) is -3.00. The van der Waals surface area contributed by atoms with E-state index in [1.54, 1.807) is 0 Å². The maximum Gasteiger partial charge on any atom is 0.243 e. The quantitative estimate of drug-likeness (QED) is 0.458. The molecule has 1 saturated heterocycles. The number of carbonyl (C=O) groups excluding carboxylic acids is 4. The molecule has 3 amide bonds. The van der Waals surface area contributed by atoms with Gasteiger partial charge in [0, 0.05) is 12.8 Å². The number of rotatable bonds is 6. The number of carboxylic acids is 1. The SMILES string of the molecule is NC(=O)CCC(NC(=O)[C@@H]1CCC(=O)N1)C(=O)[O-]. The predicted molar refractivity (Wildman–Crippen MR) is 56.5 cm³/mol. The number of nitrogens with one attached hydrogen (secondary N) is 2. The van der Waals surface area contributed by atoms with Gasteiger partial charge in [0.05, 0.1) is 12.0 Å². The van der Waals surface area contributed by atoms with E-state index >= 15 is 0 Å². The highest BCUT2D eigenvalue weighted by Gasteiger charge is 2.28. The minimum Gasteiger partial charge on any atom is -0.548 e. The molecule has 18 heavy (non-hydrogen) atoms. The molecule has 1 aliphatic rings. The predicted octanol–water partition coefficient (Wildman–Crippen LogP) is -3.23. The van der Waals surface area contributed by atoms with E-state index in [0.717, 1.165) is 0 Å². The molecular formula is C10H14N3O5-. The molecule has 8 nitrogen and oxygen atoms in total. The van der Waals surface area contributed by atoms with Crippen molar-refractivity contribution < 1.29 is 24.3 Å². The van der Waals surface area contributed by atoms with Crippen LogP contribution in [0.5, 0.6) is 0 Å². The first kappa shape index (κ1) is 13.9. The Morgan fingerprint density at radius 1 is 1.50 bits per heavy atom. The van der Waals surface area contributed by atoms with Gasteiger partial charge in [0.25, 0.3) is 0 Å². The Morgan fingerprint density at radius 2 is 2.17 bits per heavy atom. The highest BCUT2D eigenvalue weighted by atomic mass is 16.4. The summed E-state index contributed by atoms with van der Waals surface area (Å²) >= 11 is 0. The number of hydrogen-bond donors (Lipinski definition) is 3. The maximum absolute atomic E-state index is 11.6. The average molecular weight is 256 g/mol. The zero-order valence-corrected chi connectivity index (χ0v) is 9.60. The minimum absolute atomic E-state index is 0.135. The lowest BCUT2D eigenvalue weighted by atomic mass is 10.1. The van der Waals surface area contributed by atoms with Gasteiger partial charge in [-0.05, 0) is 12.8 Å². The lowest BCUT2D eigenvalue weighted by molar-refractivity contribution is -0.308. The molecule has 0 aromatic heterocycles. The molecule has 0 bridgehead atoms. The standard InChI is InChI=1S/C10H15N3O5/c11-7(14)3-1-6(10(17)18)13-9(16)5-2-4-8(15)12-5/h5-6H,1-4H2,(H2,11,14)(H,12,15)(H,13,16)(H,17,18)/p-1/t5-,6?/m0/s1. The van der Waals surface area contributed by atoms with Crippen LogP contribution in [0.2, 0.25) is 0 Å². The Labute approximate surface area is 103 Å². The number of hydrogen-bond acceptors (Lipinski definition) is 5. The molecule has 8 heteroatoms. The van der Waals surface area contributed by atoms with Crippen LogP contribution in [0.3, 0.4) is 0 Å². The number of amides is 3. The highest BCUT2D eigenvalue weighted by Crippen LogP contribution is 2.07. The Balaban J connectivity index is 2.49. The van der Waals surface area contributed by atoms with Crippen LogP contribution >= 0.6 is 0 Å². The highest BCUT2D eigenvalue weighted by molar-refractivity contribution is 5.92. The van der Waals surface area contributed by atoms with Crippen LogP contribution in [0.25, 0.3) is 0 Å². The molecule has 0 aromatic rings. The van der Waals surface area contributed by atoms with Gasteiger partial charge in [-0.3, -0.25) is 14.4 Å². The van der Waals surface area contributed by atoms with Crippen LogP contribution in [0.1, 0.15) is 25.7 Å². The Bertz CT molecular complexity index is 382. The number of carbonyl (C=O) groups is 4. The largest absolute Gasteiger partial charge is 0.548 e. The van der Waals surface area contributed by atoms with Crippen molar-refractivity contribution in [1.29, 1.82) is 0 Å². The van der Waals surface area contributed by atoms with Gasteiger partial charge in [-0.15, -0.1) is 0 Å². The van der Waals surface area contributed by atoms with Crippen LogP contribution in [-0.2, 0) is 19.2 Å². The van der Waals surface area contributed by atoms with Crippen molar-refractivity contribution in [3.8, 4) is 0 Å². The van der Waals surface area contributed by atoms with Gasteiger partial charge in [0.15, 0.2) is 0 Å². The average Bonchev–Trinajstić information content (AvgIpc) is 2.70. The second-order valence-electron chi connectivity index (χ2n) is 4.04. The Kier molecular flexibility index (Phi) is 4.64. The smallest absolute Gasteiger partial charge is 0.243 e. The first-order valence-electron chi connectivity index (χ1n) is 5.49. The third-order valence-electron chi connectivity index (χ3n) is 2.59. The minimum atomic E-state index is -1.49. The van der Waals surface area contributed by atoms with Gasteiger partial charge in [-0.25, -0.2) is 0 Å². The summed E-state index contributed by atoms with van der Waals surface area (Å²) < 4.78 is 0. The molecule has 1 unspecified atom stereocenters. The zero-order chi connectivity index (χ0) is 13.7. The van der Waals surface area contributed by atoms with Crippen LogP contribution in [-0.4, -0.2) is 35.8 Å². The summed E-state index contributed by atoms with van der Waals surface area (Å²) in [5, 5.41) is 15.4. The van der Waals surface area contributed by atoms with E-state index < -0.39 is 29.9 Å². The van der Waals surface area contributed by atoms with Crippen molar-refractivity contribution in [2.75, 3.05) is 0 Å². The summed E-state index contributed by atoms with van der Waals surface area (Å²) in [6.07, 6.45) is 0.246. The molecule has 1 heterocycles. The third-order valence-corrected chi connectivity index (χ3v) is 2.59. The third kappa shape index (κ3) is 4.04. The number of carboxylic acid groups (broad SMARTS) is 1. The van der Waals surface area contributed by atoms with E-state index in [2.05, 4.69) is 10.6 Å². The van der Waals surface area contributed by atoms with E-state index in [4.69, 9.17) is 5.73 Å². The van der Waals surface area contributed by atoms with E-state index in [0.29, 0.717) is 6.42 Å². The lowest BCUT2D eigenvalue weighted by Crippen LogP contribution is -2.52. The molecule has 4 N–H and O–H groups in total. The van der Waals surface area contributed by atoms with Crippen LogP contribution < -0.4 is 21.5 Å². The normalized spacial score (nSPS) is 20.0. The Hall–Kier alpha value is -2.12. The summed E-state index contributed by atoms with van der Waals surface area (Å²) in [4.78, 5) is 43.8. The fraction of sp³-hybridized carbons (Fsp3) is 0.600. The number of nitrogens with two attached hydrogens (primary N) is 1. The first-order chi connectivity index (χ1) is 8.40. The molecule has 0 saturated carbocycles. The molecule has 100 valence electrons. The van der Waals surface area contributed by atoms with E-state index in [9.17, 15) is 24.3 Å².